The largest absolute Gasteiger partial charge is 0.458 e. The number of aromatic nitrogens is 4. The maximum atomic E-state index is 13.9. The lowest BCUT2D eigenvalue weighted by atomic mass is 9.95. The first-order valence-electron chi connectivity index (χ1n) is 12.9. The van der Waals surface area contributed by atoms with Crippen LogP contribution in [0.5, 0.6) is 0 Å². The molecule has 0 spiro atoms. The molecule has 0 radical (unpaired) electrons. The maximum absolute atomic E-state index is 13.9. The molecule has 2 amide bonds. The Morgan fingerprint density at radius 1 is 1.15 bits per heavy atom. The minimum atomic E-state index is -4.64. The Bertz CT molecular complexity index is 1460. The number of carbonyl (C=O) groups is 2. The molecule has 40 heavy (non-hydrogen) atoms. The van der Waals surface area contributed by atoms with E-state index in [1.54, 1.807) is 36.6 Å². The molecule has 3 aromatic heterocycles. The molecule has 1 fully saturated rings. The monoisotopic (exact) mass is 572 g/mol. The molecular weight excluding hydrogens is 545 g/mol. The minimum Gasteiger partial charge on any atom is -0.458 e. The van der Waals surface area contributed by atoms with E-state index < -0.39 is 36.1 Å². The Morgan fingerprint density at radius 2 is 1.95 bits per heavy atom. The van der Waals surface area contributed by atoms with Crippen LogP contribution in [0.15, 0.2) is 58.3 Å². The van der Waals surface area contributed by atoms with E-state index in [0.29, 0.717) is 16.4 Å². The third-order valence-electron chi connectivity index (χ3n) is 6.68. The van der Waals surface area contributed by atoms with Gasteiger partial charge in [0.15, 0.2) is 5.76 Å². The highest BCUT2D eigenvalue weighted by molar-refractivity contribution is 7.10. The summed E-state index contributed by atoms with van der Waals surface area (Å²) >= 11 is 1.24. The Kier molecular flexibility index (Phi) is 8.01. The molecular formula is C27H27F3N6O3S. The molecule has 1 aromatic carbocycles. The molecule has 1 atom stereocenters. The lowest BCUT2D eigenvalue weighted by Crippen LogP contribution is -2.48. The normalized spacial score (nSPS) is 15.1. The summed E-state index contributed by atoms with van der Waals surface area (Å²) in [5.74, 6) is 0.000966. The molecule has 1 aliphatic carbocycles. The van der Waals surface area contributed by atoms with Crippen LogP contribution in [0.4, 0.5) is 18.9 Å². The smallest absolute Gasteiger partial charge is 0.416 e. The number of tetrazole rings is 1. The van der Waals surface area contributed by atoms with Gasteiger partial charge in [-0.05, 0) is 66.8 Å². The number of furan rings is 1. The number of rotatable bonds is 8. The van der Waals surface area contributed by atoms with Gasteiger partial charge < -0.3 is 9.73 Å². The van der Waals surface area contributed by atoms with Crippen molar-refractivity contribution in [1.29, 1.82) is 0 Å². The molecule has 3 heterocycles. The van der Waals surface area contributed by atoms with Gasteiger partial charge in [-0.2, -0.15) is 18.0 Å². The van der Waals surface area contributed by atoms with Crippen LogP contribution in [0.25, 0.3) is 11.6 Å². The lowest BCUT2D eigenvalue weighted by molar-refractivity contribution is -0.137. The van der Waals surface area contributed by atoms with E-state index in [-0.39, 0.29) is 17.6 Å². The third kappa shape index (κ3) is 6.24. The molecule has 5 rings (SSSR count). The number of anilines is 1. The first-order valence-corrected chi connectivity index (χ1v) is 13.7. The Hall–Kier alpha value is -4.00. The van der Waals surface area contributed by atoms with Gasteiger partial charge in [0.1, 0.15) is 18.3 Å². The van der Waals surface area contributed by atoms with E-state index in [0.717, 1.165) is 53.9 Å². The molecule has 1 aliphatic rings. The number of benzene rings is 1. The number of nitrogens with one attached hydrogen (secondary N) is 1. The molecule has 9 nitrogen and oxygen atoms in total. The van der Waals surface area contributed by atoms with Crippen LogP contribution in [0.3, 0.4) is 0 Å². The number of thiophene rings is 1. The van der Waals surface area contributed by atoms with Gasteiger partial charge in [0, 0.05) is 16.6 Å². The van der Waals surface area contributed by atoms with Gasteiger partial charge in [-0.15, -0.1) is 21.5 Å². The Morgan fingerprint density at radius 3 is 2.62 bits per heavy atom. The van der Waals surface area contributed by atoms with Gasteiger partial charge >= 0.3 is 6.18 Å². The van der Waals surface area contributed by atoms with Crippen molar-refractivity contribution in [1.82, 2.24) is 25.5 Å². The van der Waals surface area contributed by atoms with Gasteiger partial charge in [-0.25, -0.2) is 0 Å². The summed E-state index contributed by atoms with van der Waals surface area (Å²) < 4.78 is 46.5. The number of nitrogens with zero attached hydrogens (tertiary/aromatic N) is 5. The van der Waals surface area contributed by atoms with Crippen molar-refractivity contribution in [3.05, 3.63) is 70.1 Å². The summed E-state index contributed by atoms with van der Waals surface area (Å²) in [4.78, 5) is 30.3. The number of alkyl halides is 3. The van der Waals surface area contributed by atoms with E-state index in [1.807, 2.05) is 0 Å². The standard InChI is InChI=1S/C27H27F3N6O3S/c1-17-12-13-21(39-17)25-32-34-35(33-25)16-23(37)36(20-10-5-7-18(15-20)27(28,29)30)24(22-11-6-14-40-22)26(38)31-19-8-3-2-4-9-19/h5-7,10-15,19,24H,2-4,8-9,16H2,1H3,(H,31,38)/t24-/m1/s1. The zero-order valence-corrected chi connectivity index (χ0v) is 22.4. The SMILES string of the molecule is Cc1ccc(-c2nnn(CC(=O)N(c3cccc(C(F)(F)F)c3)[C@@H](C(=O)NC3CCCCC3)c3cccs3)n2)o1. The number of hydrogen-bond acceptors (Lipinski definition) is 7. The number of aryl methyl sites for hydroxylation is 1. The van der Waals surface area contributed by atoms with Crippen LogP contribution in [0.2, 0.25) is 0 Å². The zero-order chi connectivity index (χ0) is 28.3. The summed E-state index contributed by atoms with van der Waals surface area (Å²) in [7, 11) is 0. The number of carbonyl (C=O) groups excluding carboxylic acids is 2. The predicted octanol–water partition coefficient (Wildman–Crippen LogP) is 5.55. The molecule has 0 saturated heterocycles. The second-order valence-electron chi connectivity index (χ2n) is 9.63. The predicted molar refractivity (Wildman–Crippen MR) is 141 cm³/mol. The van der Waals surface area contributed by atoms with Crippen molar-refractivity contribution < 1.29 is 27.2 Å². The van der Waals surface area contributed by atoms with E-state index in [4.69, 9.17) is 4.42 Å². The number of hydrogen-bond donors (Lipinski definition) is 1. The summed E-state index contributed by atoms with van der Waals surface area (Å²) in [6.07, 6.45) is -0.00548. The fourth-order valence-corrected chi connectivity index (χ4v) is 5.59. The second kappa shape index (κ2) is 11.6. The number of halogens is 3. The molecule has 4 aromatic rings. The lowest BCUT2D eigenvalue weighted by Gasteiger charge is -2.33. The summed E-state index contributed by atoms with van der Waals surface area (Å²) in [6.45, 7) is 1.29. The van der Waals surface area contributed by atoms with Crippen molar-refractivity contribution in [3.63, 3.8) is 0 Å². The van der Waals surface area contributed by atoms with Crippen molar-refractivity contribution >= 4 is 28.8 Å². The molecule has 0 bridgehead atoms. The van der Waals surface area contributed by atoms with Crippen LogP contribution in [-0.2, 0) is 22.3 Å². The fourth-order valence-electron chi connectivity index (χ4n) is 4.78. The summed E-state index contributed by atoms with van der Waals surface area (Å²) in [6, 6.07) is 9.93. The summed E-state index contributed by atoms with van der Waals surface area (Å²) in [5, 5.41) is 16.8. The quantitative estimate of drug-likeness (QED) is 0.297. The highest BCUT2D eigenvalue weighted by Crippen LogP contribution is 2.36. The first kappa shape index (κ1) is 27.6. The number of amides is 2. The van der Waals surface area contributed by atoms with Gasteiger partial charge in [0.05, 0.1) is 5.56 Å². The topological polar surface area (TPSA) is 106 Å². The van der Waals surface area contributed by atoms with E-state index in [2.05, 4.69) is 20.7 Å². The first-order chi connectivity index (χ1) is 19.2. The second-order valence-corrected chi connectivity index (χ2v) is 10.6. The zero-order valence-electron chi connectivity index (χ0n) is 21.6. The van der Waals surface area contributed by atoms with Crippen LogP contribution in [0.1, 0.15) is 54.3 Å². The highest BCUT2D eigenvalue weighted by Gasteiger charge is 2.37. The van der Waals surface area contributed by atoms with Crippen molar-refractivity contribution in [2.75, 3.05) is 4.90 Å². The minimum absolute atomic E-state index is 0.0704. The maximum Gasteiger partial charge on any atom is 0.416 e. The van der Waals surface area contributed by atoms with Crippen molar-refractivity contribution in [3.8, 4) is 11.6 Å². The molecule has 1 N–H and O–H groups in total. The van der Waals surface area contributed by atoms with Gasteiger partial charge in [-0.1, -0.05) is 31.4 Å². The van der Waals surface area contributed by atoms with Gasteiger partial charge in [0.2, 0.25) is 11.7 Å². The average Bonchev–Trinajstić information content (AvgIpc) is 3.70. The van der Waals surface area contributed by atoms with E-state index in [1.165, 1.54) is 23.5 Å². The molecule has 1 saturated carbocycles. The average molecular weight is 573 g/mol. The Labute approximate surface area is 232 Å². The molecule has 0 unspecified atom stereocenters. The molecule has 210 valence electrons. The van der Waals surface area contributed by atoms with Gasteiger partial charge in [-0.3, -0.25) is 14.5 Å². The van der Waals surface area contributed by atoms with Crippen LogP contribution >= 0.6 is 11.3 Å². The third-order valence-corrected chi connectivity index (χ3v) is 7.61. The molecule has 13 heteroatoms. The van der Waals surface area contributed by atoms with Crippen LogP contribution < -0.4 is 10.2 Å². The molecule has 0 aliphatic heterocycles. The van der Waals surface area contributed by atoms with Crippen LogP contribution in [0, 0.1) is 6.92 Å². The van der Waals surface area contributed by atoms with Crippen molar-refractivity contribution in [2.45, 2.75) is 63.8 Å². The van der Waals surface area contributed by atoms with Crippen molar-refractivity contribution in [2.24, 2.45) is 0 Å². The summed E-state index contributed by atoms with van der Waals surface area (Å²) in [5.41, 5.74) is -1.01. The van der Waals surface area contributed by atoms with E-state index >= 15 is 0 Å². The van der Waals surface area contributed by atoms with Gasteiger partial charge in [0.25, 0.3) is 5.91 Å². The van der Waals surface area contributed by atoms with Crippen LogP contribution in [-0.4, -0.2) is 38.1 Å². The Balaban J connectivity index is 1.51. The fraction of sp³-hybridized carbons (Fsp3) is 0.370. The van der Waals surface area contributed by atoms with E-state index in [9.17, 15) is 22.8 Å². The highest BCUT2D eigenvalue weighted by atomic mass is 32.1.